The van der Waals surface area contributed by atoms with E-state index in [1.807, 2.05) is 0 Å². The Morgan fingerprint density at radius 1 is 1.00 bits per heavy atom. The lowest BCUT2D eigenvalue weighted by atomic mass is 9.97. The maximum absolute atomic E-state index is 13.0. The molecule has 1 aliphatic heterocycles. The molecule has 0 spiro atoms. The normalized spacial score (nSPS) is 15.7. The Balaban J connectivity index is 1.65. The summed E-state index contributed by atoms with van der Waals surface area (Å²) in [4.78, 5) is 24.6. The molecule has 0 aromatic heterocycles. The standard InChI is InChI=1S/C22H26N2O7S2/c1-3-31-22(26)17-8-10-18(11-9-17)33(29,30)24-14-12-16(13-15-24)21(25)23-19-6-4-5-7-20(19)32(2,27)28/h4-11,16H,3,12-15H2,1-2H3,(H,23,25). The van der Waals surface area contributed by atoms with E-state index >= 15 is 0 Å². The van der Waals surface area contributed by atoms with Crippen LogP contribution in [0.4, 0.5) is 5.69 Å². The summed E-state index contributed by atoms with van der Waals surface area (Å²) in [5, 5.41) is 2.67. The number of hydrogen-bond donors (Lipinski definition) is 1. The van der Waals surface area contributed by atoms with Gasteiger partial charge in [0, 0.05) is 25.3 Å². The smallest absolute Gasteiger partial charge is 0.338 e. The van der Waals surface area contributed by atoms with Crippen LogP contribution < -0.4 is 5.32 Å². The quantitative estimate of drug-likeness (QED) is 0.585. The molecule has 33 heavy (non-hydrogen) atoms. The molecule has 0 atom stereocenters. The van der Waals surface area contributed by atoms with Crippen molar-refractivity contribution in [3.63, 3.8) is 0 Å². The first-order valence-corrected chi connectivity index (χ1v) is 13.7. The first-order chi connectivity index (χ1) is 15.5. The van der Waals surface area contributed by atoms with Gasteiger partial charge in [0.05, 0.1) is 27.6 Å². The Morgan fingerprint density at radius 3 is 2.18 bits per heavy atom. The fourth-order valence-electron chi connectivity index (χ4n) is 3.61. The Labute approximate surface area is 193 Å². The molecule has 9 nitrogen and oxygen atoms in total. The number of benzene rings is 2. The number of esters is 1. The third-order valence-electron chi connectivity index (χ3n) is 5.37. The van der Waals surface area contributed by atoms with Crippen molar-refractivity contribution in [2.45, 2.75) is 29.6 Å². The number of anilines is 1. The minimum Gasteiger partial charge on any atom is -0.462 e. The maximum atomic E-state index is 13.0. The highest BCUT2D eigenvalue weighted by Crippen LogP contribution is 2.27. The zero-order valence-electron chi connectivity index (χ0n) is 18.4. The van der Waals surface area contributed by atoms with E-state index < -0.39 is 31.7 Å². The Morgan fingerprint density at radius 2 is 1.61 bits per heavy atom. The Hall–Kier alpha value is -2.76. The molecule has 3 rings (SSSR count). The third kappa shape index (κ3) is 5.79. The number of carbonyl (C=O) groups excluding carboxylic acids is 2. The molecule has 178 valence electrons. The summed E-state index contributed by atoms with van der Waals surface area (Å²) in [7, 11) is -7.29. The number of sulfonamides is 1. The topological polar surface area (TPSA) is 127 Å². The molecule has 1 N–H and O–H groups in total. The van der Waals surface area contributed by atoms with Gasteiger partial charge in [0.2, 0.25) is 15.9 Å². The van der Waals surface area contributed by atoms with Gasteiger partial charge in [-0.3, -0.25) is 4.79 Å². The van der Waals surface area contributed by atoms with Crippen LogP contribution in [-0.2, 0) is 29.4 Å². The van der Waals surface area contributed by atoms with Crippen molar-refractivity contribution < 1.29 is 31.2 Å². The molecular weight excluding hydrogens is 468 g/mol. The predicted molar refractivity (Wildman–Crippen MR) is 122 cm³/mol. The van der Waals surface area contributed by atoms with Gasteiger partial charge in [0.15, 0.2) is 9.84 Å². The fraction of sp³-hybridized carbons (Fsp3) is 0.364. The molecule has 1 amide bonds. The van der Waals surface area contributed by atoms with Gasteiger partial charge >= 0.3 is 5.97 Å². The van der Waals surface area contributed by atoms with E-state index in [1.54, 1.807) is 19.1 Å². The molecular formula is C22H26N2O7S2. The van der Waals surface area contributed by atoms with Crippen LogP contribution >= 0.6 is 0 Å². The van der Waals surface area contributed by atoms with Crippen LogP contribution in [0, 0.1) is 5.92 Å². The average Bonchev–Trinajstić information content (AvgIpc) is 2.79. The summed E-state index contributed by atoms with van der Waals surface area (Å²) in [6.45, 7) is 2.20. The highest BCUT2D eigenvalue weighted by molar-refractivity contribution is 7.91. The van der Waals surface area contributed by atoms with E-state index in [2.05, 4.69) is 5.32 Å². The van der Waals surface area contributed by atoms with Crippen LogP contribution in [0.3, 0.4) is 0 Å². The van der Waals surface area contributed by atoms with Crippen LogP contribution in [-0.4, -0.2) is 59.0 Å². The molecule has 0 aliphatic carbocycles. The number of amides is 1. The summed E-state index contributed by atoms with van der Waals surface area (Å²) in [5.74, 6) is -1.32. The predicted octanol–water partition coefficient (Wildman–Crippen LogP) is 2.31. The molecule has 2 aromatic rings. The van der Waals surface area contributed by atoms with Crippen LogP contribution in [0.5, 0.6) is 0 Å². The third-order valence-corrected chi connectivity index (χ3v) is 8.44. The molecule has 0 unspecified atom stereocenters. The van der Waals surface area contributed by atoms with Crippen LogP contribution in [0.2, 0.25) is 0 Å². The van der Waals surface area contributed by atoms with E-state index in [0.29, 0.717) is 12.8 Å². The Bertz CT molecular complexity index is 1230. The summed E-state index contributed by atoms with van der Waals surface area (Å²) in [5.41, 5.74) is 0.474. The van der Waals surface area contributed by atoms with Crippen molar-refractivity contribution in [1.82, 2.24) is 4.31 Å². The van der Waals surface area contributed by atoms with E-state index in [1.165, 1.54) is 40.7 Å². The number of piperidine rings is 1. The molecule has 2 aromatic carbocycles. The molecule has 11 heteroatoms. The van der Waals surface area contributed by atoms with Crippen molar-refractivity contribution >= 4 is 37.4 Å². The van der Waals surface area contributed by atoms with Crippen molar-refractivity contribution in [1.29, 1.82) is 0 Å². The second-order valence-corrected chi connectivity index (χ2v) is 11.6. The second-order valence-electron chi connectivity index (χ2n) is 7.68. The zero-order chi connectivity index (χ0) is 24.2. The molecule has 1 fully saturated rings. The van der Waals surface area contributed by atoms with E-state index in [-0.39, 0.29) is 46.6 Å². The summed E-state index contributed by atoms with van der Waals surface area (Å²) in [6, 6.07) is 11.7. The highest BCUT2D eigenvalue weighted by atomic mass is 32.2. The van der Waals surface area contributed by atoms with Crippen LogP contribution in [0.15, 0.2) is 58.3 Å². The van der Waals surface area contributed by atoms with Crippen molar-refractivity contribution in [3.05, 3.63) is 54.1 Å². The second kappa shape index (κ2) is 10.0. The highest BCUT2D eigenvalue weighted by Gasteiger charge is 2.32. The van der Waals surface area contributed by atoms with Gasteiger partial charge in [0.1, 0.15) is 0 Å². The van der Waals surface area contributed by atoms with E-state index in [4.69, 9.17) is 4.74 Å². The molecule has 1 aliphatic rings. The number of ether oxygens (including phenoxy) is 1. The lowest BCUT2D eigenvalue weighted by Gasteiger charge is -2.30. The van der Waals surface area contributed by atoms with Gasteiger partial charge in [-0.25, -0.2) is 21.6 Å². The Kier molecular flexibility index (Phi) is 7.55. The number of sulfone groups is 1. The number of para-hydroxylation sites is 1. The van der Waals surface area contributed by atoms with Crippen molar-refractivity contribution in [2.24, 2.45) is 5.92 Å². The SMILES string of the molecule is CCOC(=O)c1ccc(S(=O)(=O)N2CCC(C(=O)Nc3ccccc3S(C)(=O)=O)CC2)cc1. The molecule has 0 bridgehead atoms. The minimum atomic E-state index is -3.78. The first kappa shape index (κ1) is 24.9. The van der Waals surface area contributed by atoms with Gasteiger partial charge in [-0.05, 0) is 56.2 Å². The number of hydrogen-bond acceptors (Lipinski definition) is 7. The summed E-state index contributed by atoms with van der Waals surface area (Å²) >= 11 is 0. The largest absolute Gasteiger partial charge is 0.462 e. The maximum Gasteiger partial charge on any atom is 0.338 e. The molecule has 0 radical (unpaired) electrons. The number of rotatable bonds is 7. The molecule has 1 saturated heterocycles. The zero-order valence-corrected chi connectivity index (χ0v) is 20.0. The van der Waals surface area contributed by atoms with Crippen molar-refractivity contribution in [2.75, 3.05) is 31.3 Å². The molecule has 1 heterocycles. The first-order valence-electron chi connectivity index (χ1n) is 10.4. The average molecular weight is 495 g/mol. The summed E-state index contributed by atoms with van der Waals surface area (Å²) in [6.07, 6.45) is 1.67. The van der Waals surface area contributed by atoms with Crippen LogP contribution in [0.1, 0.15) is 30.1 Å². The number of nitrogens with zero attached hydrogens (tertiary/aromatic N) is 1. The minimum absolute atomic E-state index is 0.0321. The van der Waals surface area contributed by atoms with Gasteiger partial charge in [-0.15, -0.1) is 0 Å². The fourth-order valence-corrected chi connectivity index (χ4v) is 5.93. The molecule has 0 saturated carbocycles. The number of nitrogens with one attached hydrogen (secondary N) is 1. The van der Waals surface area contributed by atoms with Gasteiger partial charge < -0.3 is 10.1 Å². The van der Waals surface area contributed by atoms with Gasteiger partial charge in [-0.1, -0.05) is 12.1 Å². The number of carbonyl (C=O) groups is 2. The van der Waals surface area contributed by atoms with Crippen LogP contribution in [0.25, 0.3) is 0 Å². The van der Waals surface area contributed by atoms with Gasteiger partial charge in [0.25, 0.3) is 0 Å². The lowest BCUT2D eigenvalue weighted by molar-refractivity contribution is -0.120. The lowest BCUT2D eigenvalue weighted by Crippen LogP contribution is -2.41. The van der Waals surface area contributed by atoms with Gasteiger partial charge in [-0.2, -0.15) is 4.31 Å². The summed E-state index contributed by atoms with van der Waals surface area (Å²) < 4.78 is 56.0. The monoisotopic (exact) mass is 494 g/mol. The van der Waals surface area contributed by atoms with Crippen molar-refractivity contribution in [3.8, 4) is 0 Å². The van der Waals surface area contributed by atoms with E-state index in [9.17, 15) is 26.4 Å². The van der Waals surface area contributed by atoms with E-state index in [0.717, 1.165) is 6.26 Å².